The van der Waals surface area contributed by atoms with Gasteiger partial charge in [-0.15, -0.1) is 0 Å². The third-order valence-electron chi connectivity index (χ3n) is 4.70. The lowest BCUT2D eigenvalue weighted by molar-refractivity contribution is -0.134. The van der Waals surface area contributed by atoms with Gasteiger partial charge in [-0.3, -0.25) is 4.79 Å². The van der Waals surface area contributed by atoms with Gasteiger partial charge in [-0.05, 0) is 43.4 Å². The van der Waals surface area contributed by atoms with E-state index >= 15 is 0 Å². The van der Waals surface area contributed by atoms with E-state index in [9.17, 15) is 4.79 Å². The molecule has 2 atom stereocenters. The third-order valence-corrected chi connectivity index (χ3v) is 5.44. The van der Waals surface area contributed by atoms with E-state index in [-0.39, 0.29) is 12.0 Å². The number of rotatable bonds is 6. The summed E-state index contributed by atoms with van der Waals surface area (Å²) in [7, 11) is 0. The van der Waals surface area contributed by atoms with E-state index < -0.39 is 11.6 Å². The highest BCUT2D eigenvalue weighted by Crippen LogP contribution is 2.34. The lowest BCUT2D eigenvalue weighted by Crippen LogP contribution is -2.49. The Labute approximate surface area is 147 Å². The van der Waals surface area contributed by atoms with Gasteiger partial charge in [0, 0.05) is 6.54 Å². The Hall–Kier alpha value is -0.810. The van der Waals surface area contributed by atoms with E-state index in [4.69, 9.17) is 33.7 Å². The van der Waals surface area contributed by atoms with Crippen molar-refractivity contribution in [3.8, 4) is 0 Å². The molecule has 1 aliphatic heterocycles. The van der Waals surface area contributed by atoms with Crippen molar-refractivity contribution in [1.29, 1.82) is 0 Å². The number of ether oxygens (including phenoxy) is 1. The van der Waals surface area contributed by atoms with Gasteiger partial charge in [0.15, 0.2) is 0 Å². The molecule has 4 nitrogen and oxygen atoms in total. The Morgan fingerprint density at radius 1 is 1.30 bits per heavy atom. The van der Waals surface area contributed by atoms with E-state index in [2.05, 4.69) is 5.32 Å². The smallest absolute Gasteiger partial charge is 0.249 e. The lowest BCUT2D eigenvalue weighted by atomic mass is 9.84. The highest BCUT2D eigenvalue weighted by Gasteiger charge is 2.36. The van der Waals surface area contributed by atoms with Crippen molar-refractivity contribution < 1.29 is 9.53 Å². The van der Waals surface area contributed by atoms with Gasteiger partial charge < -0.3 is 15.8 Å². The van der Waals surface area contributed by atoms with Crippen LogP contribution in [0.2, 0.25) is 10.0 Å². The molecule has 1 amide bonds. The van der Waals surface area contributed by atoms with Gasteiger partial charge in [0.2, 0.25) is 5.91 Å². The van der Waals surface area contributed by atoms with Crippen molar-refractivity contribution in [2.24, 2.45) is 5.73 Å². The molecule has 1 fully saturated rings. The standard InChI is InChI=1S/C17H24Cl2N2O2/c1-3-17(4-2,11-5-7-13(18)14(19)9-11)21-16(22)15-8-6-12(10-20)23-15/h5,7,9,12,15H,3-4,6,8,10,20H2,1-2H3,(H,21,22)/t12-,15+/m1/s1. The third kappa shape index (κ3) is 4.00. The summed E-state index contributed by atoms with van der Waals surface area (Å²) < 4.78 is 5.70. The zero-order chi connectivity index (χ0) is 17.0. The fourth-order valence-electron chi connectivity index (χ4n) is 3.09. The summed E-state index contributed by atoms with van der Waals surface area (Å²) in [5.74, 6) is -0.0873. The summed E-state index contributed by atoms with van der Waals surface area (Å²) in [5, 5.41) is 4.17. The minimum absolute atomic E-state index is 0.0200. The molecule has 0 unspecified atom stereocenters. The summed E-state index contributed by atoms with van der Waals surface area (Å²) >= 11 is 12.2. The van der Waals surface area contributed by atoms with Crippen LogP contribution in [0.15, 0.2) is 18.2 Å². The Balaban J connectivity index is 2.20. The molecule has 1 aromatic carbocycles. The maximum atomic E-state index is 12.6. The molecular weight excluding hydrogens is 335 g/mol. The molecule has 0 spiro atoms. The summed E-state index contributed by atoms with van der Waals surface area (Å²) in [6.07, 6.45) is 2.59. The predicted octanol–water partition coefficient (Wildman–Crippen LogP) is 3.63. The average molecular weight is 359 g/mol. The molecule has 2 rings (SSSR count). The molecule has 0 aliphatic carbocycles. The first-order chi connectivity index (χ1) is 11.0. The molecule has 0 saturated carbocycles. The number of nitrogens with two attached hydrogens (primary N) is 1. The van der Waals surface area contributed by atoms with Gasteiger partial charge in [-0.25, -0.2) is 0 Å². The highest BCUT2D eigenvalue weighted by atomic mass is 35.5. The fraction of sp³-hybridized carbons (Fsp3) is 0.588. The van der Waals surface area contributed by atoms with Crippen LogP contribution in [-0.2, 0) is 15.1 Å². The summed E-state index contributed by atoms with van der Waals surface area (Å²) in [5.41, 5.74) is 6.09. The van der Waals surface area contributed by atoms with Crippen LogP contribution in [-0.4, -0.2) is 24.7 Å². The predicted molar refractivity (Wildman–Crippen MR) is 93.8 cm³/mol. The Morgan fingerprint density at radius 3 is 2.52 bits per heavy atom. The van der Waals surface area contributed by atoms with Crippen molar-refractivity contribution in [2.75, 3.05) is 6.54 Å². The largest absolute Gasteiger partial charge is 0.364 e. The minimum Gasteiger partial charge on any atom is -0.364 e. The maximum Gasteiger partial charge on any atom is 0.249 e. The van der Waals surface area contributed by atoms with Crippen molar-refractivity contribution in [3.05, 3.63) is 33.8 Å². The molecule has 23 heavy (non-hydrogen) atoms. The van der Waals surface area contributed by atoms with Gasteiger partial charge in [0.05, 0.1) is 21.7 Å². The van der Waals surface area contributed by atoms with Gasteiger partial charge in [0.1, 0.15) is 6.10 Å². The minimum atomic E-state index is -0.477. The van der Waals surface area contributed by atoms with Crippen LogP contribution in [0.25, 0.3) is 0 Å². The molecule has 3 N–H and O–H groups in total. The van der Waals surface area contributed by atoms with Crippen LogP contribution in [0, 0.1) is 0 Å². The molecule has 1 heterocycles. The van der Waals surface area contributed by atoms with E-state index in [1.807, 2.05) is 26.0 Å². The quantitative estimate of drug-likeness (QED) is 0.815. The van der Waals surface area contributed by atoms with Gasteiger partial charge in [0.25, 0.3) is 0 Å². The van der Waals surface area contributed by atoms with Crippen LogP contribution < -0.4 is 11.1 Å². The van der Waals surface area contributed by atoms with Crippen LogP contribution in [0.1, 0.15) is 45.1 Å². The number of hydrogen-bond donors (Lipinski definition) is 2. The van der Waals surface area contributed by atoms with Crippen LogP contribution in [0.5, 0.6) is 0 Å². The fourth-order valence-corrected chi connectivity index (χ4v) is 3.39. The SMILES string of the molecule is CCC(CC)(NC(=O)[C@@H]1CC[C@H](CN)O1)c1ccc(Cl)c(Cl)c1. The first kappa shape index (κ1) is 18.5. The number of amides is 1. The second-order valence-electron chi connectivity index (χ2n) is 5.97. The van der Waals surface area contributed by atoms with Crippen LogP contribution in [0.4, 0.5) is 0 Å². The molecule has 0 aromatic heterocycles. The number of halogens is 2. The summed E-state index contributed by atoms with van der Waals surface area (Å²) in [6.45, 7) is 4.54. The molecule has 0 radical (unpaired) electrons. The highest BCUT2D eigenvalue weighted by molar-refractivity contribution is 6.42. The Bertz CT molecular complexity index is 562. The molecule has 6 heteroatoms. The van der Waals surface area contributed by atoms with E-state index in [1.165, 1.54) is 0 Å². The van der Waals surface area contributed by atoms with Crippen molar-refractivity contribution >= 4 is 29.1 Å². The molecule has 1 aromatic rings. The topological polar surface area (TPSA) is 64.4 Å². The van der Waals surface area contributed by atoms with Gasteiger partial charge in [-0.1, -0.05) is 43.1 Å². The number of nitrogens with one attached hydrogen (secondary N) is 1. The zero-order valence-electron chi connectivity index (χ0n) is 13.6. The van der Waals surface area contributed by atoms with E-state index in [1.54, 1.807) is 6.07 Å². The first-order valence-corrected chi connectivity index (χ1v) is 8.84. The van der Waals surface area contributed by atoms with Crippen LogP contribution >= 0.6 is 23.2 Å². The molecule has 1 saturated heterocycles. The monoisotopic (exact) mass is 358 g/mol. The number of benzene rings is 1. The molecule has 128 valence electrons. The number of carbonyl (C=O) groups excluding carboxylic acids is 1. The molecule has 0 bridgehead atoms. The summed E-state index contributed by atoms with van der Waals surface area (Å²) in [4.78, 5) is 12.6. The average Bonchev–Trinajstić information content (AvgIpc) is 3.04. The number of hydrogen-bond acceptors (Lipinski definition) is 3. The lowest BCUT2D eigenvalue weighted by Gasteiger charge is -2.34. The van der Waals surface area contributed by atoms with E-state index in [0.29, 0.717) is 23.0 Å². The van der Waals surface area contributed by atoms with Crippen molar-refractivity contribution in [3.63, 3.8) is 0 Å². The van der Waals surface area contributed by atoms with Crippen molar-refractivity contribution in [2.45, 2.75) is 57.3 Å². The summed E-state index contributed by atoms with van der Waals surface area (Å²) in [6, 6.07) is 5.51. The first-order valence-electron chi connectivity index (χ1n) is 8.08. The van der Waals surface area contributed by atoms with Crippen molar-refractivity contribution in [1.82, 2.24) is 5.32 Å². The van der Waals surface area contributed by atoms with Crippen LogP contribution in [0.3, 0.4) is 0 Å². The molecule has 1 aliphatic rings. The van der Waals surface area contributed by atoms with Gasteiger partial charge >= 0.3 is 0 Å². The van der Waals surface area contributed by atoms with E-state index in [0.717, 1.165) is 24.8 Å². The van der Waals surface area contributed by atoms with Gasteiger partial charge in [-0.2, -0.15) is 0 Å². The second-order valence-corrected chi connectivity index (χ2v) is 6.78. The second kappa shape index (κ2) is 7.84. The molecular formula is C17H24Cl2N2O2. The Morgan fingerprint density at radius 2 is 2.00 bits per heavy atom. The normalized spacial score (nSPS) is 21.4. The zero-order valence-corrected chi connectivity index (χ0v) is 15.1. The Kier molecular flexibility index (Phi) is 6.32. The number of carbonyl (C=O) groups is 1. The maximum absolute atomic E-state index is 12.6.